The van der Waals surface area contributed by atoms with Gasteiger partial charge in [-0.15, -0.1) is 0 Å². The normalized spacial score (nSPS) is 11.9. The molecule has 1 unspecified atom stereocenters. The Morgan fingerprint density at radius 1 is 1.22 bits per heavy atom. The number of ether oxygens (including phenoxy) is 2. The first-order valence-corrected chi connectivity index (χ1v) is 7.23. The minimum Gasteiger partial charge on any atom is -0.491 e. The van der Waals surface area contributed by atoms with E-state index in [4.69, 9.17) is 9.47 Å². The Morgan fingerprint density at radius 2 is 1.96 bits per heavy atom. The largest absolute Gasteiger partial charge is 0.491 e. The summed E-state index contributed by atoms with van der Waals surface area (Å²) in [5.41, 5.74) is 1.54. The van der Waals surface area contributed by atoms with Crippen molar-refractivity contribution in [1.29, 1.82) is 0 Å². The van der Waals surface area contributed by atoms with E-state index in [0.717, 1.165) is 12.0 Å². The summed E-state index contributed by atoms with van der Waals surface area (Å²) in [7, 11) is 1.66. The van der Waals surface area contributed by atoms with Crippen LogP contribution in [0, 0.1) is 10.1 Å². The number of methoxy groups -OCH3 is 1. The zero-order valence-electron chi connectivity index (χ0n) is 12.8. The molecule has 0 fully saturated rings. The lowest BCUT2D eigenvalue weighted by Crippen LogP contribution is -2.10. The van der Waals surface area contributed by atoms with Crippen molar-refractivity contribution in [2.45, 2.75) is 12.5 Å². The molecule has 0 aliphatic rings. The highest BCUT2D eigenvalue weighted by Gasteiger charge is 2.13. The predicted molar refractivity (Wildman–Crippen MR) is 85.6 cm³/mol. The van der Waals surface area contributed by atoms with Gasteiger partial charge in [0, 0.05) is 19.2 Å². The van der Waals surface area contributed by atoms with E-state index in [-0.39, 0.29) is 12.3 Å². The molecule has 23 heavy (non-hydrogen) atoms. The van der Waals surface area contributed by atoms with E-state index in [2.05, 4.69) is 0 Å². The summed E-state index contributed by atoms with van der Waals surface area (Å²) in [4.78, 5) is 10.3. The Bertz CT molecular complexity index is 642. The van der Waals surface area contributed by atoms with Crippen LogP contribution < -0.4 is 4.74 Å². The zero-order valence-corrected chi connectivity index (χ0v) is 12.8. The number of hydrogen-bond acceptors (Lipinski definition) is 5. The monoisotopic (exact) mass is 317 g/mol. The van der Waals surface area contributed by atoms with Crippen LogP contribution in [0.25, 0.3) is 0 Å². The topological polar surface area (TPSA) is 81.8 Å². The molecule has 1 atom stereocenters. The summed E-state index contributed by atoms with van der Waals surface area (Å²) in [5.74, 6) is 0.635. The van der Waals surface area contributed by atoms with Gasteiger partial charge in [-0.25, -0.2) is 0 Å². The molecular weight excluding hydrogens is 298 g/mol. The van der Waals surface area contributed by atoms with E-state index in [9.17, 15) is 15.2 Å². The summed E-state index contributed by atoms with van der Waals surface area (Å²) in [6.07, 6.45) is -0.101. The van der Waals surface area contributed by atoms with E-state index in [0.29, 0.717) is 17.9 Å². The van der Waals surface area contributed by atoms with Gasteiger partial charge in [-0.2, -0.15) is 0 Å². The molecule has 0 heterocycles. The van der Waals surface area contributed by atoms with Crippen LogP contribution in [0.4, 0.5) is 5.69 Å². The van der Waals surface area contributed by atoms with Gasteiger partial charge in [-0.05, 0) is 29.7 Å². The van der Waals surface area contributed by atoms with Crippen LogP contribution in [0.2, 0.25) is 0 Å². The molecule has 0 saturated heterocycles. The number of aliphatic hydroxyl groups excluding tert-OH is 1. The number of rotatable bonds is 8. The van der Waals surface area contributed by atoms with Crippen molar-refractivity contribution in [1.82, 2.24) is 0 Å². The molecule has 0 saturated carbocycles. The Hall–Kier alpha value is -2.44. The summed E-state index contributed by atoms with van der Waals surface area (Å²) < 4.78 is 10.5. The van der Waals surface area contributed by atoms with Crippen molar-refractivity contribution in [3.63, 3.8) is 0 Å². The van der Waals surface area contributed by atoms with Gasteiger partial charge in [0.15, 0.2) is 0 Å². The van der Waals surface area contributed by atoms with Gasteiger partial charge in [-0.3, -0.25) is 10.1 Å². The Balaban J connectivity index is 1.92. The first kappa shape index (κ1) is 16.9. The van der Waals surface area contributed by atoms with Crippen molar-refractivity contribution < 1.29 is 19.5 Å². The van der Waals surface area contributed by atoms with Crippen molar-refractivity contribution in [2.75, 3.05) is 20.3 Å². The van der Waals surface area contributed by atoms with Gasteiger partial charge < -0.3 is 14.6 Å². The van der Waals surface area contributed by atoms with Crippen LogP contribution in [0.15, 0.2) is 48.5 Å². The summed E-state index contributed by atoms with van der Waals surface area (Å²) in [6.45, 7) is 0.685. The number of benzene rings is 2. The highest BCUT2D eigenvalue weighted by Crippen LogP contribution is 2.21. The summed E-state index contributed by atoms with van der Waals surface area (Å²) in [5, 5.41) is 20.8. The maximum Gasteiger partial charge on any atom is 0.269 e. The number of nitrogens with zero attached hydrogens (tertiary/aromatic N) is 1. The molecule has 2 aromatic rings. The molecule has 1 N–H and O–H groups in total. The van der Waals surface area contributed by atoms with Gasteiger partial charge in [-0.1, -0.05) is 24.3 Å². The molecule has 2 aromatic carbocycles. The lowest BCUT2D eigenvalue weighted by Gasteiger charge is -2.13. The summed E-state index contributed by atoms with van der Waals surface area (Å²) >= 11 is 0. The highest BCUT2D eigenvalue weighted by molar-refractivity contribution is 5.35. The molecule has 6 heteroatoms. The third-order valence-corrected chi connectivity index (χ3v) is 3.39. The van der Waals surface area contributed by atoms with E-state index in [1.165, 1.54) is 12.1 Å². The van der Waals surface area contributed by atoms with Gasteiger partial charge >= 0.3 is 0 Å². The van der Waals surface area contributed by atoms with E-state index < -0.39 is 11.0 Å². The fourth-order valence-corrected chi connectivity index (χ4v) is 2.09. The maximum atomic E-state index is 10.7. The second kappa shape index (κ2) is 8.26. The smallest absolute Gasteiger partial charge is 0.269 e. The zero-order chi connectivity index (χ0) is 16.7. The Labute approximate surface area is 134 Å². The van der Waals surface area contributed by atoms with Crippen LogP contribution in [0.1, 0.15) is 17.2 Å². The molecule has 122 valence electrons. The molecule has 0 aliphatic carbocycles. The van der Waals surface area contributed by atoms with E-state index in [1.807, 2.05) is 24.3 Å². The van der Waals surface area contributed by atoms with Crippen LogP contribution in [-0.2, 0) is 11.2 Å². The Morgan fingerprint density at radius 3 is 2.61 bits per heavy atom. The van der Waals surface area contributed by atoms with E-state index >= 15 is 0 Å². The van der Waals surface area contributed by atoms with Crippen molar-refractivity contribution in [2.24, 2.45) is 0 Å². The van der Waals surface area contributed by atoms with Crippen molar-refractivity contribution in [3.8, 4) is 5.75 Å². The SMILES string of the molecule is COCCc1ccc(OCC(O)c2cccc([N+](=O)[O-])c2)cc1. The average Bonchev–Trinajstić information content (AvgIpc) is 2.58. The maximum absolute atomic E-state index is 10.7. The second-order valence-corrected chi connectivity index (χ2v) is 5.07. The number of nitro groups is 1. The molecule has 0 spiro atoms. The second-order valence-electron chi connectivity index (χ2n) is 5.07. The number of aliphatic hydroxyl groups is 1. The lowest BCUT2D eigenvalue weighted by molar-refractivity contribution is -0.385. The lowest BCUT2D eigenvalue weighted by atomic mass is 10.1. The first-order valence-electron chi connectivity index (χ1n) is 7.23. The van der Waals surface area contributed by atoms with Gasteiger partial charge in [0.05, 0.1) is 11.5 Å². The van der Waals surface area contributed by atoms with E-state index in [1.54, 1.807) is 19.2 Å². The predicted octanol–water partition coefficient (Wildman–Crippen LogP) is 2.90. The quantitative estimate of drug-likeness (QED) is 0.598. The van der Waals surface area contributed by atoms with Crippen molar-refractivity contribution >= 4 is 5.69 Å². The van der Waals surface area contributed by atoms with Crippen LogP contribution >= 0.6 is 0 Å². The highest BCUT2D eigenvalue weighted by atomic mass is 16.6. The molecule has 0 aromatic heterocycles. The molecule has 2 rings (SSSR count). The van der Waals surface area contributed by atoms with Gasteiger partial charge in [0.2, 0.25) is 0 Å². The van der Waals surface area contributed by atoms with Gasteiger partial charge in [0.1, 0.15) is 18.5 Å². The van der Waals surface area contributed by atoms with Crippen LogP contribution in [0.5, 0.6) is 5.75 Å². The molecular formula is C17H19NO5. The van der Waals surface area contributed by atoms with Crippen LogP contribution in [-0.4, -0.2) is 30.4 Å². The molecule has 0 radical (unpaired) electrons. The van der Waals surface area contributed by atoms with Gasteiger partial charge in [0.25, 0.3) is 5.69 Å². The average molecular weight is 317 g/mol. The third-order valence-electron chi connectivity index (χ3n) is 3.39. The minimum atomic E-state index is -0.928. The summed E-state index contributed by atoms with van der Waals surface area (Å²) in [6, 6.07) is 13.4. The van der Waals surface area contributed by atoms with Crippen molar-refractivity contribution in [3.05, 3.63) is 69.8 Å². The minimum absolute atomic E-state index is 0.0264. The standard InChI is InChI=1S/C17H19NO5/c1-22-10-9-13-5-7-16(8-6-13)23-12-17(19)14-3-2-4-15(11-14)18(20)21/h2-8,11,17,19H,9-10,12H2,1H3. The number of non-ortho nitro benzene ring substituents is 1. The molecule has 0 aliphatic heterocycles. The third kappa shape index (κ3) is 5.05. The molecule has 6 nitrogen and oxygen atoms in total. The number of nitro benzene ring substituents is 1. The first-order chi connectivity index (χ1) is 11.1. The fourth-order valence-electron chi connectivity index (χ4n) is 2.09. The van der Waals surface area contributed by atoms with Crippen LogP contribution in [0.3, 0.4) is 0 Å². The molecule has 0 amide bonds. The number of hydrogen-bond donors (Lipinski definition) is 1. The Kier molecular flexibility index (Phi) is 6.08. The fraction of sp³-hybridized carbons (Fsp3) is 0.294. The molecule has 0 bridgehead atoms.